The van der Waals surface area contributed by atoms with E-state index in [1.54, 1.807) is 14.2 Å². The first-order chi connectivity index (χ1) is 17.1. The Bertz CT molecular complexity index is 1240. The molecule has 0 atom stereocenters. The lowest BCUT2D eigenvalue weighted by atomic mass is 10.2. The number of para-hydroxylation sites is 1. The van der Waals surface area contributed by atoms with Gasteiger partial charge in [0.15, 0.2) is 5.82 Å². The number of anilines is 3. The molecular formula is C26H32N6O3. The van der Waals surface area contributed by atoms with Crippen molar-refractivity contribution in [3.8, 4) is 11.6 Å². The monoisotopic (exact) mass is 476 g/mol. The molecule has 0 aliphatic heterocycles. The van der Waals surface area contributed by atoms with E-state index in [0.717, 1.165) is 52.4 Å². The van der Waals surface area contributed by atoms with Gasteiger partial charge in [0.25, 0.3) is 5.88 Å². The van der Waals surface area contributed by atoms with Crippen molar-refractivity contribution >= 4 is 34.0 Å². The molecular weight excluding hydrogens is 444 g/mol. The molecule has 1 aliphatic carbocycles. The third-order valence-corrected chi connectivity index (χ3v) is 5.10. The Balaban J connectivity index is 0.000000190. The molecule has 3 N–H and O–H groups in total. The van der Waals surface area contributed by atoms with Gasteiger partial charge in [0.05, 0.1) is 25.4 Å². The highest BCUT2D eigenvalue weighted by Crippen LogP contribution is 2.30. The maximum atomic E-state index is 11.4. The minimum Gasteiger partial charge on any atom is -0.497 e. The van der Waals surface area contributed by atoms with E-state index in [9.17, 15) is 4.79 Å². The van der Waals surface area contributed by atoms with Gasteiger partial charge in [-0.25, -0.2) is 0 Å². The Morgan fingerprint density at radius 1 is 1.00 bits per heavy atom. The molecule has 1 aliphatic rings. The number of fused-ring (bicyclic) bond motifs is 1. The Morgan fingerprint density at radius 3 is 2.37 bits per heavy atom. The van der Waals surface area contributed by atoms with Crippen LogP contribution in [-0.4, -0.2) is 40.5 Å². The van der Waals surface area contributed by atoms with Crippen LogP contribution in [0.15, 0.2) is 54.6 Å². The number of hydrogen-bond donors (Lipinski definition) is 3. The predicted molar refractivity (Wildman–Crippen MR) is 138 cm³/mol. The summed E-state index contributed by atoms with van der Waals surface area (Å²) >= 11 is 0. The van der Waals surface area contributed by atoms with Crippen molar-refractivity contribution in [3.05, 3.63) is 60.3 Å². The van der Waals surface area contributed by atoms with Crippen molar-refractivity contribution in [1.29, 1.82) is 0 Å². The second kappa shape index (κ2) is 12.4. The van der Waals surface area contributed by atoms with Gasteiger partial charge in [-0.15, -0.1) is 5.10 Å². The van der Waals surface area contributed by atoms with E-state index in [1.807, 2.05) is 75.4 Å². The number of hydrogen-bond acceptors (Lipinski definition) is 7. The van der Waals surface area contributed by atoms with Crippen LogP contribution in [0.5, 0.6) is 11.6 Å². The third kappa shape index (κ3) is 6.92. The van der Waals surface area contributed by atoms with Gasteiger partial charge >= 0.3 is 0 Å². The summed E-state index contributed by atoms with van der Waals surface area (Å²) in [5.74, 6) is 2.36. The van der Waals surface area contributed by atoms with Gasteiger partial charge in [0.1, 0.15) is 11.4 Å². The quantitative estimate of drug-likeness (QED) is 0.337. The molecule has 2 aromatic carbocycles. The van der Waals surface area contributed by atoms with E-state index in [0.29, 0.717) is 5.88 Å². The van der Waals surface area contributed by atoms with E-state index in [-0.39, 0.29) is 11.8 Å². The standard InChI is InChI=1S/C13H13N5O.C11H13NO2.C2H6/c1-8-7-11(13(19-2)18-15-8)14-12-9-5-3-4-6-10(9)16-17-12;1-14-10-6-4-9(5-7-10)12-11(13)8-2-3-8;1-2/h3-7H,1-2H3,(H2,14,15,16,17);4-8H,2-3H2,1H3,(H,12,13);1-2H3. The van der Waals surface area contributed by atoms with Crippen LogP contribution in [0, 0.1) is 12.8 Å². The topological polar surface area (TPSA) is 114 Å². The Morgan fingerprint density at radius 2 is 1.71 bits per heavy atom. The summed E-state index contributed by atoms with van der Waals surface area (Å²) in [4.78, 5) is 11.4. The molecule has 1 saturated carbocycles. The van der Waals surface area contributed by atoms with Crippen molar-refractivity contribution in [3.63, 3.8) is 0 Å². The Hall–Kier alpha value is -4.14. The number of aromatic nitrogens is 4. The van der Waals surface area contributed by atoms with Gasteiger partial charge in [-0.1, -0.05) is 26.0 Å². The number of rotatable bonds is 6. The lowest BCUT2D eigenvalue weighted by molar-refractivity contribution is -0.117. The molecule has 0 bridgehead atoms. The number of carbonyl (C=O) groups excluding carboxylic acids is 1. The first kappa shape index (κ1) is 25.5. The van der Waals surface area contributed by atoms with Crippen molar-refractivity contribution in [2.45, 2.75) is 33.6 Å². The molecule has 1 fully saturated rings. The molecule has 5 rings (SSSR count). The number of benzene rings is 2. The van der Waals surface area contributed by atoms with Crippen LogP contribution in [0.2, 0.25) is 0 Å². The van der Waals surface area contributed by atoms with E-state index in [4.69, 9.17) is 9.47 Å². The molecule has 0 saturated heterocycles. The average molecular weight is 477 g/mol. The summed E-state index contributed by atoms with van der Waals surface area (Å²) in [6.07, 6.45) is 2.06. The van der Waals surface area contributed by atoms with Crippen LogP contribution in [0.4, 0.5) is 17.2 Å². The summed E-state index contributed by atoms with van der Waals surface area (Å²) in [5.41, 5.74) is 3.36. The number of H-pyrrole nitrogens is 1. The van der Waals surface area contributed by atoms with Gasteiger partial charge in [-0.3, -0.25) is 9.89 Å². The molecule has 2 aromatic heterocycles. The van der Waals surface area contributed by atoms with Crippen molar-refractivity contribution in [1.82, 2.24) is 20.4 Å². The zero-order valence-electron chi connectivity index (χ0n) is 20.8. The lowest BCUT2D eigenvalue weighted by Gasteiger charge is -2.08. The molecule has 4 aromatic rings. The smallest absolute Gasteiger partial charge is 0.257 e. The van der Waals surface area contributed by atoms with Crippen LogP contribution in [0.3, 0.4) is 0 Å². The molecule has 0 spiro atoms. The second-order valence-electron chi connectivity index (χ2n) is 7.64. The van der Waals surface area contributed by atoms with Crippen molar-refractivity contribution < 1.29 is 14.3 Å². The normalized spacial score (nSPS) is 11.9. The van der Waals surface area contributed by atoms with Gasteiger partial charge in [0, 0.05) is 17.0 Å². The number of methoxy groups -OCH3 is 2. The van der Waals surface area contributed by atoms with Gasteiger partial charge < -0.3 is 20.1 Å². The third-order valence-electron chi connectivity index (χ3n) is 5.10. The Kier molecular flexibility index (Phi) is 9.00. The maximum Gasteiger partial charge on any atom is 0.257 e. The Labute approximate surface area is 205 Å². The minimum atomic E-state index is 0.134. The average Bonchev–Trinajstić information content (AvgIpc) is 3.68. The maximum absolute atomic E-state index is 11.4. The zero-order chi connectivity index (χ0) is 25.2. The highest BCUT2D eigenvalue weighted by Gasteiger charge is 2.29. The summed E-state index contributed by atoms with van der Waals surface area (Å²) in [5, 5.41) is 22.3. The molecule has 0 unspecified atom stereocenters. The number of aromatic amines is 1. The zero-order valence-corrected chi connectivity index (χ0v) is 20.8. The van der Waals surface area contributed by atoms with E-state index in [2.05, 4.69) is 31.0 Å². The fraction of sp³-hybridized carbons (Fsp3) is 0.308. The fourth-order valence-corrected chi connectivity index (χ4v) is 3.17. The van der Waals surface area contributed by atoms with Crippen molar-refractivity contribution in [2.75, 3.05) is 24.9 Å². The van der Waals surface area contributed by atoms with Crippen LogP contribution >= 0.6 is 0 Å². The molecule has 9 heteroatoms. The van der Waals surface area contributed by atoms with E-state index < -0.39 is 0 Å². The summed E-state index contributed by atoms with van der Waals surface area (Å²) in [7, 11) is 3.19. The predicted octanol–water partition coefficient (Wildman–Crippen LogP) is 5.48. The minimum absolute atomic E-state index is 0.134. The summed E-state index contributed by atoms with van der Waals surface area (Å²) in [6, 6.07) is 17.1. The fourth-order valence-electron chi connectivity index (χ4n) is 3.17. The first-order valence-corrected chi connectivity index (χ1v) is 11.6. The number of ether oxygens (including phenoxy) is 2. The second-order valence-corrected chi connectivity index (χ2v) is 7.64. The molecule has 35 heavy (non-hydrogen) atoms. The number of aryl methyl sites for hydroxylation is 1. The highest BCUT2D eigenvalue weighted by atomic mass is 16.5. The van der Waals surface area contributed by atoms with Gasteiger partial charge in [0.2, 0.25) is 5.91 Å². The summed E-state index contributed by atoms with van der Waals surface area (Å²) in [6.45, 7) is 5.88. The summed E-state index contributed by atoms with van der Waals surface area (Å²) < 4.78 is 10.2. The number of amides is 1. The van der Waals surface area contributed by atoms with Crippen molar-refractivity contribution in [2.24, 2.45) is 5.92 Å². The molecule has 9 nitrogen and oxygen atoms in total. The molecule has 0 radical (unpaired) electrons. The first-order valence-electron chi connectivity index (χ1n) is 11.6. The molecule has 1 amide bonds. The van der Waals surface area contributed by atoms with Gasteiger partial charge in [-0.05, 0) is 62.2 Å². The van der Waals surface area contributed by atoms with E-state index >= 15 is 0 Å². The lowest BCUT2D eigenvalue weighted by Crippen LogP contribution is -2.12. The van der Waals surface area contributed by atoms with Gasteiger partial charge in [-0.2, -0.15) is 10.2 Å². The van der Waals surface area contributed by atoms with Crippen LogP contribution in [-0.2, 0) is 4.79 Å². The largest absolute Gasteiger partial charge is 0.497 e. The highest BCUT2D eigenvalue weighted by molar-refractivity contribution is 5.94. The number of nitrogens with zero attached hydrogens (tertiary/aromatic N) is 3. The van der Waals surface area contributed by atoms with Crippen LogP contribution < -0.4 is 20.1 Å². The van der Waals surface area contributed by atoms with Crippen LogP contribution in [0.1, 0.15) is 32.4 Å². The molecule has 2 heterocycles. The molecule has 184 valence electrons. The number of nitrogens with one attached hydrogen (secondary N) is 3. The van der Waals surface area contributed by atoms with E-state index in [1.165, 1.54) is 0 Å². The SMILES string of the molecule is CC.COc1ccc(NC(=O)C2CC2)cc1.COc1nnc(C)cc1Nc1n[nH]c2ccccc12. The van der Waals surface area contributed by atoms with Crippen LogP contribution in [0.25, 0.3) is 10.9 Å². The number of carbonyl (C=O) groups is 1.